The third-order valence-electron chi connectivity index (χ3n) is 0.239. The molecule has 0 heterocycles. The number of hydrogen-bond acceptors (Lipinski definition) is 1. The summed E-state index contributed by atoms with van der Waals surface area (Å²) in [6.07, 6.45) is 0. The van der Waals surface area contributed by atoms with Crippen LogP contribution in [0.3, 0.4) is 0 Å². The second-order valence-corrected chi connectivity index (χ2v) is 5.99. The van der Waals surface area contributed by atoms with Gasteiger partial charge in [0, 0.05) is 0 Å². The summed E-state index contributed by atoms with van der Waals surface area (Å²) >= 11 is -1.96. The van der Waals surface area contributed by atoms with Crippen LogP contribution in [-0.2, 0) is 0 Å². The predicted molar refractivity (Wildman–Crippen MR) is 43.6 cm³/mol. The molecule has 0 aliphatic rings. The normalized spacial score (nSPS) is 20.8. The molecule has 0 aliphatic heterocycles. The Morgan fingerprint density at radius 2 is 3.00 bits per heavy atom. The summed E-state index contributed by atoms with van der Waals surface area (Å²) in [6.45, 7) is 1.71. The minimum absolute atomic E-state index is 0.436. The third-order valence-corrected chi connectivity index (χ3v) is 4.81. The molecule has 1 N–H and O–H groups in total. The van der Waals surface area contributed by atoms with E-state index < -0.39 is 33.2 Å². The van der Waals surface area contributed by atoms with Crippen molar-refractivity contribution in [3.05, 3.63) is 0 Å². The summed E-state index contributed by atoms with van der Waals surface area (Å²) in [4.78, 5) is 1.27. The molecule has 1 nitrogen and oxygen atoms in total. The van der Waals surface area contributed by atoms with E-state index in [2.05, 4.69) is 0 Å². The van der Waals surface area contributed by atoms with E-state index in [-0.39, 0.29) is 0 Å². The Hall–Kier alpha value is 1.18. The summed E-state index contributed by atoms with van der Waals surface area (Å²) in [6, 6.07) is 0. The van der Waals surface area contributed by atoms with Crippen molar-refractivity contribution < 1.29 is 3.44 Å². The van der Waals surface area contributed by atoms with Gasteiger partial charge in [0.05, 0.1) is 0 Å². The maximum atomic E-state index is 8.86. The topological polar surface area (TPSA) is 20.2 Å². The molecule has 0 fully saturated rings. The minimum atomic E-state index is -1.96. The molecule has 0 aromatic carbocycles. The van der Waals surface area contributed by atoms with Crippen LogP contribution in [0.2, 0.25) is 0 Å². The molecule has 0 saturated heterocycles. The fraction of sp³-hybridized carbons (Fsp3) is 1.00. The monoisotopic (exact) mass is 221 g/mol. The molecule has 0 bridgehead atoms. The first-order valence-corrected chi connectivity index (χ1v) is 7.25. The van der Waals surface area contributed by atoms with Crippen molar-refractivity contribution in [2.24, 2.45) is 0 Å². The molecule has 1 unspecified atom stereocenters. The zero-order valence-electron chi connectivity index (χ0n) is 5.85. The molecule has 0 aromatic heterocycles. The predicted octanol–water partition coefficient (Wildman–Crippen LogP) is 0.605. The van der Waals surface area contributed by atoms with Crippen LogP contribution in [0.4, 0.5) is 0 Å². The van der Waals surface area contributed by atoms with Gasteiger partial charge in [-0.05, 0) is 0 Å². The Morgan fingerprint density at radius 3 is 3.00 bits per heavy atom. The summed E-state index contributed by atoms with van der Waals surface area (Å²) in [7, 11) is -0.965. The van der Waals surface area contributed by atoms with Crippen molar-refractivity contribution in [1.82, 2.24) is 0 Å². The molecule has 4 heteroatoms. The SMILES string of the molecule is [2H]B(P([3H])C)I(C)O. The average Bonchev–Trinajstić information content (AvgIpc) is 1.64. The third kappa shape index (κ3) is 5.18. The van der Waals surface area contributed by atoms with Gasteiger partial charge in [-0.15, -0.1) is 0 Å². The molecule has 0 aliphatic carbocycles. The molecule has 1 atom stereocenters. The fourth-order valence-electron chi connectivity index (χ4n) is 0.141. The van der Waals surface area contributed by atoms with E-state index >= 15 is 0 Å². The van der Waals surface area contributed by atoms with Gasteiger partial charge in [-0.3, -0.25) is 0 Å². The van der Waals surface area contributed by atoms with Crippen LogP contribution in [0.1, 0.15) is 0 Å². The van der Waals surface area contributed by atoms with E-state index in [0.29, 0.717) is 0 Å². The number of alkyl halides is 1. The molecule has 0 saturated carbocycles. The van der Waals surface area contributed by atoms with Crippen molar-refractivity contribution >= 4 is 33.2 Å². The van der Waals surface area contributed by atoms with Crippen LogP contribution in [0, 0.1) is 0 Å². The first-order valence-electron chi connectivity index (χ1n) is 2.50. The summed E-state index contributed by atoms with van der Waals surface area (Å²) < 4.78 is 23.1. The van der Waals surface area contributed by atoms with Gasteiger partial charge in [-0.25, -0.2) is 0 Å². The van der Waals surface area contributed by atoms with Gasteiger partial charge in [-0.1, -0.05) is 0 Å². The quantitative estimate of drug-likeness (QED) is 0.313. The Labute approximate surface area is 51.2 Å². The first-order chi connectivity index (χ1) is 3.55. The molecule has 0 radical (unpaired) electrons. The maximum absolute atomic E-state index is 8.86. The summed E-state index contributed by atoms with van der Waals surface area (Å²) in [5.74, 6) is 0. The van der Waals surface area contributed by atoms with Crippen molar-refractivity contribution in [3.8, 4) is 0 Å². The fourth-order valence-corrected chi connectivity index (χ4v) is 2.84. The Morgan fingerprint density at radius 1 is 2.50 bits per heavy atom. The molecule has 38 valence electrons. The van der Waals surface area contributed by atoms with Gasteiger partial charge >= 0.3 is 50.9 Å². The van der Waals surface area contributed by atoms with E-state index in [1.54, 1.807) is 11.6 Å². The number of rotatable bonds is 2. The standard InChI is InChI=1S/C2H9BIOP/c1-4(5)3-6-2/h3,5-6H,1-2H3/i3D,6T. The van der Waals surface area contributed by atoms with E-state index in [1.165, 1.54) is 0 Å². The van der Waals surface area contributed by atoms with E-state index in [0.717, 1.165) is 0 Å². The Balaban J connectivity index is 3.46. The average molecular weight is 221 g/mol. The van der Waals surface area contributed by atoms with Crippen LogP contribution in [0.15, 0.2) is 0 Å². The summed E-state index contributed by atoms with van der Waals surface area (Å²) in [5, 5.41) is 0. The second-order valence-electron chi connectivity index (χ2n) is 0.841. The van der Waals surface area contributed by atoms with Gasteiger partial charge in [-0.2, -0.15) is 0 Å². The number of hydrogen-bond donors (Lipinski definition) is 1. The second kappa shape index (κ2) is 4.35. The van der Waals surface area contributed by atoms with Gasteiger partial charge in [0.15, 0.2) is 0 Å². The molecule has 0 aromatic rings. The van der Waals surface area contributed by atoms with E-state index in [4.69, 9.17) is 6.05 Å². The molecule has 0 rings (SSSR count). The van der Waals surface area contributed by atoms with Crippen LogP contribution in [-0.4, -0.2) is 22.5 Å². The Kier molecular flexibility index (Phi) is 2.97. The first kappa shape index (κ1) is 4.10. The van der Waals surface area contributed by atoms with E-state index in [1.807, 2.05) is 0 Å². The zero-order valence-corrected chi connectivity index (χ0v) is 6.90. The molecular formula is C2H9BIOP. The van der Waals surface area contributed by atoms with E-state index in [9.17, 15) is 0 Å². The Bertz CT molecular complexity index is 65.1. The molecule has 6 heavy (non-hydrogen) atoms. The van der Waals surface area contributed by atoms with Gasteiger partial charge in [0.25, 0.3) is 0 Å². The van der Waals surface area contributed by atoms with Crippen molar-refractivity contribution in [2.45, 2.75) is 0 Å². The van der Waals surface area contributed by atoms with Gasteiger partial charge < -0.3 is 0 Å². The molecular weight excluding hydrogens is 209 g/mol. The van der Waals surface area contributed by atoms with Crippen LogP contribution >= 0.6 is 28.4 Å². The number of halogens is 1. The molecule has 0 spiro atoms. The van der Waals surface area contributed by atoms with Gasteiger partial charge in [0.1, 0.15) is 0 Å². The van der Waals surface area contributed by atoms with Crippen LogP contribution in [0.5, 0.6) is 0 Å². The van der Waals surface area contributed by atoms with Crippen molar-refractivity contribution in [3.63, 3.8) is 0 Å². The summed E-state index contributed by atoms with van der Waals surface area (Å²) in [5.41, 5.74) is 0. The van der Waals surface area contributed by atoms with Crippen molar-refractivity contribution in [2.75, 3.05) is 11.6 Å². The van der Waals surface area contributed by atoms with Crippen LogP contribution in [0.25, 0.3) is 0 Å². The zero-order chi connectivity index (χ0) is 6.73. The van der Waals surface area contributed by atoms with Crippen LogP contribution < -0.4 is 0 Å². The van der Waals surface area contributed by atoms with Crippen molar-refractivity contribution in [1.29, 1.82) is 2.61 Å². The van der Waals surface area contributed by atoms with Gasteiger partial charge in [0.2, 0.25) is 0 Å². The molecule has 0 amide bonds.